The molecular weight excluding hydrogens is 140 g/mol. The molecule has 1 fully saturated rings. The Morgan fingerprint density at radius 3 is 2.44 bits per heavy atom. The smallest absolute Gasteiger partial charge is 0.171 e. The van der Waals surface area contributed by atoms with Gasteiger partial charge in [-0.2, -0.15) is 0 Å². The molecular formula is C6H11ClO2. The van der Waals surface area contributed by atoms with Crippen molar-refractivity contribution in [3.63, 3.8) is 0 Å². The third kappa shape index (κ3) is 2.12. The molecule has 1 aliphatic heterocycles. The van der Waals surface area contributed by atoms with Crippen LogP contribution in [0.15, 0.2) is 0 Å². The minimum absolute atomic E-state index is 0.164. The van der Waals surface area contributed by atoms with Crippen LogP contribution in [0.2, 0.25) is 0 Å². The first-order chi connectivity index (χ1) is 4.33. The van der Waals surface area contributed by atoms with E-state index in [1.807, 2.05) is 0 Å². The zero-order valence-corrected chi connectivity index (χ0v) is 6.23. The highest BCUT2D eigenvalue weighted by molar-refractivity contribution is 6.18. The predicted molar refractivity (Wildman–Crippen MR) is 35.6 cm³/mol. The zero-order chi connectivity index (χ0) is 6.69. The van der Waals surface area contributed by atoms with E-state index in [1.54, 1.807) is 0 Å². The second-order valence-corrected chi connectivity index (χ2v) is 2.66. The monoisotopic (exact) mass is 150 g/mol. The predicted octanol–water partition coefficient (Wildman–Crippen LogP) is 1.23. The average Bonchev–Trinajstić information content (AvgIpc) is 1.90. The van der Waals surface area contributed by atoms with Gasteiger partial charge in [-0.05, 0) is 0 Å². The van der Waals surface area contributed by atoms with Gasteiger partial charge in [0.05, 0.1) is 19.1 Å². The van der Waals surface area contributed by atoms with Gasteiger partial charge in [-0.1, -0.05) is 6.92 Å². The summed E-state index contributed by atoms with van der Waals surface area (Å²) in [5, 5.41) is 0. The fourth-order valence-electron chi connectivity index (χ4n) is 0.728. The first-order valence-corrected chi connectivity index (χ1v) is 3.65. The average molecular weight is 151 g/mol. The number of rotatable bonds is 1. The van der Waals surface area contributed by atoms with Gasteiger partial charge in [0.25, 0.3) is 0 Å². The molecule has 0 aromatic carbocycles. The first-order valence-electron chi connectivity index (χ1n) is 3.12. The summed E-state index contributed by atoms with van der Waals surface area (Å²) in [4.78, 5) is 0. The van der Waals surface area contributed by atoms with Gasteiger partial charge in [0.15, 0.2) is 6.29 Å². The van der Waals surface area contributed by atoms with Gasteiger partial charge in [0.1, 0.15) is 0 Å². The fourth-order valence-corrected chi connectivity index (χ4v) is 0.907. The summed E-state index contributed by atoms with van der Waals surface area (Å²) in [5.41, 5.74) is 0. The van der Waals surface area contributed by atoms with Crippen LogP contribution in [0, 0.1) is 5.92 Å². The van der Waals surface area contributed by atoms with E-state index < -0.39 is 0 Å². The standard InChI is InChI=1S/C6H11ClO2/c1-5-3-8-6(2-7)9-4-5/h5-6H,2-4H2,1H3. The van der Waals surface area contributed by atoms with Crippen molar-refractivity contribution >= 4 is 11.6 Å². The Bertz CT molecular complexity index is 79.1. The minimum Gasteiger partial charge on any atom is -0.351 e. The van der Waals surface area contributed by atoms with Gasteiger partial charge in [-0.25, -0.2) is 0 Å². The van der Waals surface area contributed by atoms with Crippen LogP contribution in [0.25, 0.3) is 0 Å². The number of hydrogen-bond acceptors (Lipinski definition) is 2. The Morgan fingerprint density at radius 2 is 2.00 bits per heavy atom. The Morgan fingerprint density at radius 1 is 1.44 bits per heavy atom. The van der Waals surface area contributed by atoms with Crippen LogP contribution < -0.4 is 0 Å². The van der Waals surface area contributed by atoms with E-state index in [1.165, 1.54) is 0 Å². The van der Waals surface area contributed by atoms with Crippen molar-refractivity contribution in [3.8, 4) is 0 Å². The second kappa shape index (κ2) is 3.40. The van der Waals surface area contributed by atoms with Crippen molar-refractivity contribution in [2.24, 2.45) is 5.92 Å². The summed E-state index contributed by atoms with van der Waals surface area (Å²) in [6, 6.07) is 0. The normalized spacial score (nSPS) is 36.7. The van der Waals surface area contributed by atoms with E-state index in [0.717, 1.165) is 13.2 Å². The maximum atomic E-state index is 5.48. The molecule has 9 heavy (non-hydrogen) atoms. The fraction of sp³-hybridized carbons (Fsp3) is 1.00. The Labute approximate surface area is 60.1 Å². The van der Waals surface area contributed by atoms with E-state index >= 15 is 0 Å². The largest absolute Gasteiger partial charge is 0.351 e. The molecule has 1 aliphatic rings. The topological polar surface area (TPSA) is 18.5 Å². The lowest BCUT2D eigenvalue weighted by atomic mass is 10.2. The molecule has 1 rings (SSSR count). The van der Waals surface area contributed by atoms with Crippen molar-refractivity contribution in [1.82, 2.24) is 0 Å². The second-order valence-electron chi connectivity index (χ2n) is 2.36. The molecule has 2 nitrogen and oxygen atoms in total. The molecule has 3 heteroatoms. The highest BCUT2D eigenvalue weighted by atomic mass is 35.5. The molecule has 0 amide bonds. The molecule has 1 heterocycles. The number of alkyl halides is 1. The molecule has 0 saturated carbocycles. The van der Waals surface area contributed by atoms with Crippen molar-refractivity contribution in [2.75, 3.05) is 19.1 Å². The van der Waals surface area contributed by atoms with Crippen LogP contribution in [0.5, 0.6) is 0 Å². The number of halogens is 1. The van der Waals surface area contributed by atoms with E-state index in [4.69, 9.17) is 21.1 Å². The lowest BCUT2D eigenvalue weighted by molar-refractivity contribution is -0.185. The van der Waals surface area contributed by atoms with E-state index in [2.05, 4.69) is 6.92 Å². The van der Waals surface area contributed by atoms with Crippen LogP contribution in [-0.4, -0.2) is 25.4 Å². The van der Waals surface area contributed by atoms with Crippen LogP contribution in [0.3, 0.4) is 0 Å². The Kier molecular flexibility index (Phi) is 2.76. The zero-order valence-electron chi connectivity index (χ0n) is 5.47. The molecule has 0 bridgehead atoms. The van der Waals surface area contributed by atoms with Crippen molar-refractivity contribution < 1.29 is 9.47 Å². The molecule has 0 aliphatic carbocycles. The summed E-state index contributed by atoms with van der Waals surface area (Å²) < 4.78 is 10.4. The van der Waals surface area contributed by atoms with Crippen molar-refractivity contribution in [3.05, 3.63) is 0 Å². The summed E-state index contributed by atoms with van der Waals surface area (Å²) in [6.45, 7) is 3.64. The third-order valence-corrected chi connectivity index (χ3v) is 1.51. The Hall–Kier alpha value is 0.210. The van der Waals surface area contributed by atoms with Crippen LogP contribution in [0.4, 0.5) is 0 Å². The maximum absolute atomic E-state index is 5.48. The van der Waals surface area contributed by atoms with E-state index in [0.29, 0.717) is 11.8 Å². The lowest BCUT2D eigenvalue weighted by Crippen LogP contribution is -2.31. The maximum Gasteiger partial charge on any atom is 0.171 e. The van der Waals surface area contributed by atoms with Crippen LogP contribution in [0.1, 0.15) is 6.92 Å². The van der Waals surface area contributed by atoms with Gasteiger partial charge in [-0.15, -0.1) is 11.6 Å². The summed E-state index contributed by atoms with van der Waals surface area (Å²) >= 11 is 5.48. The van der Waals surface area contributed by atoms with Gasteiger partial charge >= 0.3 is 0 Å². The first kappa shape index (κ1) is 7.32. The van der Waals surface area contributed by atoms with E-state index in [-0.39, 0.29) is 6.29 Å². The molecule has 54 valence electrons. The molecule has 0 unspecified atom stereocenters. The van der Waals surface area contributed by atoms with Crippen LogP contribution >= 0.6 is 11.6 Å². The highest BCUT2D eigenvalue weighted by Gasteiger charge is 2.17. The summed E-state index contributed by atoms with van der Waals surface area (Å²) in [7, 11) is 0. The van der Waals surface area contributed by atoms with Crippen molar-refractivity contribution in [1.29, 1.82) is 0 Å². The molecule has 0 N–H and O–H groups in total. The van der Waals surface area contributed by atoms with Crippen LogP contribution in [-0.2, 0) is 9.47 Å². The third-order valence-electron chi connectivity index (χ3n) is 1.26. The molecule has 0 aromatic rings. The van der Waals surface area contributed by atoms with E-state index in [9.17, 15) is 0 Å². The van der Waals surface area contributed by atoms with Crippen molar-refractivity contribution in [2.45, 2.75) is 13.2 Å². The molecule has 0 spiro atoms. The number of ether oxygens (including phenoxy) is 2. The molecule has 0 radical (unpaired) electrons. The van der Waals surface area contributed by atoms with Gasteiger partial charge in [0.2, 0.25) is 0 Å². The van der Waals surface area contributed by atoms with Gasteiger partial charge in [-0.3, -0.25) is 0 Å². The van der Waals surface area contributed by atoms with Gasteiger partial charge < -0.3 is 9.47 Å². The molecule has 1 saturated heterocycles. The Balaban J connectivity index is 2.18. The molecule has 0 aromatic heterocycles. The minimum atomic E-state index is -0.164. The highest BCUT2D eigenvalue weighted by Crippen LogP contribution is 2.10. The molecule has 0 atom stereocenters. The number of hydrogen-bond donors (Lipinski definition) is 0. The lowest BCUT2D eigenvalue weighted by Gasteiger charge is -2.25. The SMILES string of the molecule is CC1COC(CCl)OC1. The summed E-state index contributed by atoms with van der Waals surface area (Å²) in [6.07, 6.45) is -0.164. The summed E-state index contributed by atoms with van der Waals surface area (Å²) in [5.74, 6) is 0.955. The van der Waals surface area contributed by atoms with Gasteiger partial charge in [0, 0.05) is 5.92 Å². The quantitative estimate of drug-likeness (QED) is 0.524.